The number of fused-ring (bicyclic) bond motifs is 5. The molecule has 6 heteroatoms. The Bertz CT molecular complexity index is 898. The molecule has 2 aliphatic rings. The molecule has 2 atom stereocenters. The molecular formula is C19H20F2N2O2. The normalized spacial score (nSPS) is 24.6. The predicted octanol–water partition coefficient (Wildman–Crippen LogP) is 4.41. The van der Waals surface area contributed by atoms with Gasteiger partial charge in [-0.2, -0.15) is 5.10 Å². The van der Waals surface area contributed by atoms with Gasteiger partial charge in [0, 0.05) is 17.0 Å². The molecule has 4 rings (SSSR count). The first kappa shape index (κ1) is 16.2. The lowest BCUT2D eigenvalue weighted by atomic mass is 9.64. The zero-order valence-corrected chi connectivity index (χ0v) is 14.4. The van der Waals surface area contributed by atoms with Crippen LogP contribution in [0.4, 0.5) is 8.78 Å². The predicted molar refractivity (Wildman–Crippen MR) is 88.2 cm³/mol. The second-order valence-electron chi connectivity index (χ2n) is 8.20. The number of rotatable bonds is 2. The van der Waals surface area contributed by atoms with Crippen molar-refractivity contribution < 1.29 is 18.7 Å². The fourth-order valence-corrected chi connectivity index (χ4v) is 4.81. The fraction of sp³-hybridized carbons (Fsp3) is 0.474. The largest absolute Gasteiger partial charge is 0.476 e. The average molecular weight is 346 g/mol. The number of hydrogen-bond donors (Lipinski definition) is 1. The first-order valence-corrected chi connectivity index (χ1v) is 8.48. The number of halogens is 2. The molecule has 0 saturated heterocycles. The van der Waals surface area contributed by atoms with E-state index in [0.29, 0.717) is 0 Å². The Morgan fingerprint density at radius 2 is 2.08 bits per heavy atom. The number of carbonyl (C=O) groups is 1. The highest BCUT2D eigenvalue weighted by Gasteiger charge is 2.59. The van der Waals surface area contributed by atoms with Gasteiger partial charge in [0.2, 0.25) is 0 Å². The third-order valence-electron chi connectivity index (χ3n) is 6.07. The van der Waals surface area contributed by atoms with Crippen LogP contribution in [0.25, 0.3) is 5.69 Å². The van der Waals surface area contributed by atoms with Crippen LogP contribution < -0.4 is 0 Å². The molecule has 0 aliphatic heterocycles. The van der Waals surface area contributed by atoms with Crippen molar-refractivity contribution in [3.05, 3.63) is 46.8 Å². The third-order valence-corrected chi connectivity index (χ3v) is 6.07. The Labute approximate surface area is 144 Å². The molecule has 0 spiro atoms. The summed E-state index contributed by atoms with van der Waals surface area (Å²) in [6.07, 6.45) is 2.69. The second kappa shape index (κ2) is 4.90. The van der Waals surface area contributed by atoms with Crippen LogP contribution in [-0.4, -0.2) is 20.9 Å². The lowest BCUT2D eigenvalue weighted by molar-refractivity contribution is 0.0688. The number of hydrogen-bond acceptors (Lipinski definition) is 2. The average Bonchev–Trinajstić information content (AvgIpc) is 3.16. The highest BCUT2D eigenvalue weighted by Crippen LogP contribution is 2.65. The molecule has 1 fully saturated rings. The van der Waals surface area contributed by atoms with Gasteiger partial charge in [-0.15, -0.1) is 0 Å². The van der Waals surface area contributed by atoms with E-state index in [-0.39, 0.29) is 28.1 Å². The molecule has 1 heterocycles. The molecule has 2 unspecified atom stereocenters. The minimum absolute atomic E-state index is 0.00505. The highest BCUT2D eigenvalue weighted by molar-refractivity contribution is 5.88. The van der Waals surface area contributed by atoms with Crippen LogP contribution >= 0.6 is 0 Å². The van der Waals surface area contributed by atoms with Gasteiger partial charge in [-0.3, -0.25) is 0 Å². The van der Waals surface area contributed by atoms with Crippen molar-refractivity contribution in [1.82, 2.24) is 9.78 Å². The summed E-state index contributed by atoms with van der Waals surface area (Å²) < 4.78 is 29.2. The summed E-state index contributed by atoms with van der Waals surface area (Å²) in [4.78, 5) is 11.7. The Hall–Kier alpha value is -2.24. The number of benzene rings is 1. The maximum Gasteiger partial charge on any atom is 0.356 e. The molecule has 25 heavy (non-hydrogen) atoms. The molecule has 1 N–H and O–H groups in total. The summed E-state index contributed by atoms with van der Waals surface area (Å²) in [6, 6.07) is 3.30. The smallest absolute Gasteiger partial charge is 0.356 e. The van der Waals surface area contributed by atoms with Crippen molar-refractivity contribution in [2.75, 3.05) is 0 Å². The van der Waals surface area contributed by atoms with Gasteiger partial charge >= 0.3 is 5.97 Å². The van der Waals surface area contributed by atoms with E-state index in [1.807, 2.05) is 0 Å². The van der Waals surface area contributed by atoms with E-state index in [0.717, 1.165) is 36.6 Å². The fourth-order valence-electron chi connectivity index (χ4n) is 4.81. The molecular weight excluding hydrogens is 326 g/mol. The number of aromatic carboxylic acids is 1. The van der Waals surface area contributed by atoms with Crippen molar-refractivity contribution in [1.29, 1.82) is 0 Å². The van der Waals surface area contributed by atoms with Crippen LogP contribution in [0.15, 0.2) is 18.2 Å². The Morgan fingerprint density at radius 1 is 1.36 bits per heavy atom. The van der Waals surface area contributed by atoms with Crippen molar-refractivity contribution in [3.8, 4) is 5.69 Å². The summed E-state index contributed by atoms with van der Waals surface area (Å²) in [7, 11) is 0. The van der Waals surface area contributed by atoms with E-state index in [4.69, 9.17) is 0 Å². The lowest BCUT2D eigenvalue weighted by Gasteiger charge is -2.41. The van der Waals surface area contributed by atoms with Crippen molar-refractivity contribution in [2.45, 2.75) is 51.4 Å². The lowest BCUT2D eigenvalue weighted by Crippen LogP contribution is -2.38. The maximum atomic E-state index is 14.4. The minimum Gasteiger partial charge on any atom is -0.476 e. The Morgan fingerprint density at radius 3 is 2.68 bits per heavy atom. The quantitative estimate of drug-likeness (QED) is 0.876. The van der Waals surface area contributed by atoms with Crippen LogP contribution in [0, 0.1) is 17.0 Å². The molecule has 2 aromatic rings. The molecule has 2 aliphatic carbocycles. The highest BCUT2D eigenvalue weighted by atomic mass is 19.1. The van der Waals surface area contributed by atoms with E-state index in [2.05, 4.69) is 25.9 Å². The molecule has 1 aromatic heterocycles. The SMILES string of the molecule is CC(C)(C)C12CCC(C1)c1c(C(=O)O)nn(-c3ccc(F)cc3F)c12. The zero-order valence-electron chi connectivity index (χ0n) is 14.4. The molecule has 132 valence electrons. The first-order valence-electron chi connectivity index (χ1n) is 8.48. The van der Waals surface area contributed by atoms with Gasteiger partial charge in [0.05, 0.1) is 5.69 Å². The van der Waals surface area contributed by atoms with Gasteiger partial charge < -0.3 is 5.11 Å². The van der Waals surface area contributed by atoms with E-state index in [1.54, 1.807) is 0 Å². The second-order valence-corrected chi connectivity index (χ2v) is 8.20. The first-order chi connectivity index (χ1) is 11.7. The standard InChI is InChI=1S/C19H20F2N2O2/c1-18(2,3)19-7-6-10(9-19)14-15(17(24)25)22-23(16(14)19)13-5-4-11(20)8-12(13)21/h4-5,8,10H,6-7,9H2,1-3H3,(H,24,25). The van der Waals surface area contributed by atoms with E-state index >= 15 is 0 Å². The van der Waals surface area contributed by atoms with Gasteiger partial charge in [0.15, 0.2) is 11.5 Å². The van der Waals surface area contributed by atoms with Crippen LogP contribution in [0.3, 0.4) is 0 Å². The number of aromatic nitrogens is 2. The zero-order chi connectivity index (χ0) is 18.1. The van der Waals surface area contributed by atoms with Gasteiger partial charge in [-0.1, -0.05) is 20.8 Å². The Kier molecular flexibility index (Phi) is 3.18. The monoisotopic (exact) mass is 346 g/mol. The topological polar surface area (TPSA) is 55.1 Å². The number of carboxylic acids is 1. The molecule has 1 saturated carbocycles. The van der Waals surface area contributed by atoms with Crippen LogP contribution in [0.1, 0.15) is 67.7 Å². The summed E-state index contributed by atoms with van der Waals surface area (Å²) in [6.45, 7) is 6.38. The van der Waals surface area contributed by atoms with Crippen LogP contribution in [-0.2, 0) is 5.41 Å². The molecule has 0 radical (unpaired) electrons. The van der Waals surface area contributed by atoms with E-state index < -0.39 is 17.6 Å². The molecule has 0 amide bonds. The number of nitrogens with zero attached hydrogens (tertiary/aromatic N) is 2. The summed E-state index contributed by atoms with van der Waals surface area (Å²) in [5.74, 6) is -2.38. The summed E-state index contributed by atoms with van der Waals surface area (Å²) >= 11 is 0. The number of carboxylic acid groups (broad SMARTS) is 1. The third kappa shape index (κ3) is 2.03. The Balaban J connectivity index is 2.04. The van der Waals surface area contributed by atoms with Gasteiger partial charge in [0.25, 0.3) is 0 Å². The van der Waals surface area contributed by atoms with Crippen molar-refractivity contribution in [3.63, 3.8) is 0 Å². The van der Waals surface area contributed by atoms with E-state index in [1.165, 1.54) is 16.8 Å². The molecule has 1 aromatic carbocycles. The van der Waals surface area contributed by atoms with Crippen molar-refractivity contribution >= 4 is 5.97 Å². The summed E-state index contributed by atoms with van der Waals surface area (Å²) in [5, 5.41) is 13.9. The van der Waals surface area contributed by atoms with Gasteiger partial charge in [0.1, 0.15) is 11.5 Å². The molecule has 2 bridgehead atoms. The summed E-state index contributed by atoms with van der Waals surface area (Å²) in [5.41, 5.74) is 1.23. The van der Waals surface area contributed by atoms with Gasteiger partial charge in [-0.05, 0) is 42.7 Å². The van der Waals surface area contributed by atoms with Gasteiger partial charge in [-0.25, -0.2) is 18.3 Å². The van der Waals surface area contributed by atoms with Crippen LogP contribution in [0.5, 0.6) is 0 Å². The van der Waals surface area contributed by atoms with Crippen LogP contribution in [0.2, 0.25) is 0 Å². The van der Waals surface area contributed by atoms with Crippen molar-refractivity contribution in [2.24, 2.45) is 5.41 Å². The van der Waals surface area contributed by atoms with E-state index in [9.17, 15) is 18.7 Å². The maximum absolute atomic E-state index is 14.4. The molecule has 4 nitrogen and oxygen atoms in total. The minimum atomic E-state index is -1.10.